The van der Waals surface area contributed by atoms with Crippen molar-refractivity contribution in [1.82, 2.24) is 10.6 Å². The molecule has 2 aliphatic rings. The molecule has 1 aliphatic carbocycles. The maximum Gasteiger partial charge on any atom is 0.237 e. The smallest absolute Gasteiger partial charge is 0.237 e. The normalized spacial score (nSPS) is 22.2. The van der Waals surface area contributed by atoms with Gasteiger partial charge < -0.3 is 16.0 Å². The largest absolute Gasteiger partial charge is 0.354 e. The van der Waals surface area contributed by atoms with Crippen molar-refractivity contribution in [3.8, 4) is 0 Å². The van der Waals surface area contributed by atoms with Crippen LogP contribution < -0.4 is 16.0 Å². The maximum atomic E-state index is 12.7. The van der Waals surface area contributed by atoms with Gasteiger partial charge in [-0.15, -0.1) is 12.4 Å². The van der Waals surface area contributed by atoms with E-state index in [4.69, 9.17) is 0 Å². The summed E-state index contributed by atoms with van der Waals surface area (Å²) in [7, 11) is 0. The van der Waals surface area contributed by atoms with E-state index in [1.165, 1.54) is 11.1 Å². The molecule has 32 heavy (non-hydrogen) atoms. The van der Waals surface area contributed by atoms with Crippen molar-refractivity contribution in [3.63, 3.8) is 0 Å². The van der Waals surface area contributed by atoms with Crippen LogP contribution in [0.4, 0.5) is 5.69 Å². The highest BCUT2D eigenvalue weighted by molar-refractivity contribution is 5.92. The van der Waals surface area contributed by atoms with Gasteiger partial charge in [0.2, 0.25) is 11.8 Å². The van der Waals surface area contributed by atoms with Crippen molar-refractivity contribution >= 4 is 29.9 Å². The van der Waals surface area contributed by atoms with Crippen LogP contribution in [0.5, 0.6) is 0 Å². The van der Waals surface area contributed by atoms with E-state index in [1.807, 2.05) is 38.1 Å². The zero-order valence-corrected chi connectivity index (χ0v) is 19.8. The monoisotopic (exact) mass is 455 g/mol. The number of aryl methyl sites for hydroxylation is 2. The Labute approximate surface area is 197 Å². The van der Waals surface area contributed by atoms with Gasteiger partial charge in [-0.25, -0.2) is 0 Å². The first kappa shape index (κ1) is 24.3. The quantitative estimate of drug-likeness (QED) is 0.629. The first-order valence-electron chi connectivity index (χ1n) is 11.4. The standard InChI is InChI=1S/C26H33N3O2.ClH/c1-17-11-18(2)13-23(12-17)29-25(30)20-9-7-19(8-10-20)15-28-26(31)24-14-21-5-3-4-6-22(21)16-27-24;/h3-6,11-13,19-20,24,27H,7-10,14-16H2,1-2H3,(H,28,31)(H,29,30);1H/t19?,20?,24-;/m0./s1. The topological polar surface area (TPSA) is 70.2 Å². The molecule has 0 bridgehead atoms. The number of anilines is 1. The molecule has 1 saturated carbocycles. The Morgan fingerprint density at radius 1 is 0.938 bits per heavy atom. The minimum Gasteiger partial charge on any atom is -0.354 e. The van der Waals surface area contributed by atoms with Gasteiger partial charge in [-0.05, 0) is 86.3 Å². The summed E-state index contributed by atoms with van der Waals surface area (Å²) in [6, 6.07) is 14.3. The lowest BCUT2D eigenvalue weighted by Crippen LogP contribution is -2.48. The lowest BCUT2D eigenvalue weighted by Gasteiger charge is -2.29. The Balaban J connectivity index is 0.00000289. The van der Waals surface area contributed by atoms with E-state index in [0.29, 0.717) is 12.5 Å². The van der Waals surface area contributed by atoms with Gasteiger partial charge in [0.15, 0.2) is 0 Å². The van der Waals surface area contributed by atoms with Gasteiger partial charge in [0.05, 0.1) is 6.04 Å². The van der Waals surface area contributed by atoms with Crippen LogP contribution in [-0.4, -0.2) is 24.4 Å². The van der Waals surface area contributed by atoms with Gasteiger partial charge in [-0.1, -0.05) is 30.3 Å². The van der Waals surface area contributed by atoms with Crippen LogP contribution in [0.3, 0.4) is 0 Å². The first-order valence-corrected chi connectivity index (χ1v) is 11.4. The molecule has 0 spiro atoms. The van der Waals surface area contributed by atoms with Gasteiger partial charge >= 0.3 is 0 Å². The van der Waals surface area contributed by atoms with Crippen molar-refractivity contribution < 1.29 is 9.59 Å². The molecule has 0 unspecified atom stereocenters. The van der Waals surface area contributed by atoms with E-state index in [0.717, 1.165) is 55.5 Å². The lowest BCUT2D eigenvalue weighted by atomic mass is 9.81. The highest BCUT2D eigenvalue weighted by Gasteiger charge is 2.28. The average molecular weight is 456 g/mol. The molecule has 4 rings (SSSR count). The van der Waals surface area contributed by atoms with Crippen molar-refractivity contribution in [2.24, 2.45) is 11.8 Å². The average Bonchev–Trinajstić information content (AvgIpc) is 2.76. The van der Waals surface area contributed by atoms with Gasteiger partial charge in [0.1, 0.15) is 0 Å². The van der Waals surface area contributed by atoms with Crippen LogP contribution in [0, 0.1) is 25.7 Å². The molecular weight excluding hydrogens is 422 g/mol. The molecule has 2 amide bonds. The van der Waals surface area contributed by atoms with Crippen LogP contribution >= 0.6 is 12.4 Å². The fourth-order valence-corrected chi connectivity index (χ4v) is 4.93. The predicted molar refractivity (Wildman–Crippen MR) is 131 cm³/mol. The Kier molecular flexibility index (Phi) is 8.32. The van der Waals surface area contributed by atoms with E-state index in [-0.39, 0.29) is 36.2 Å². The number of rotatable bonds is 5. The molecule has 2 aromatic rings. The summed E-state index contributed by atoms with van der Waals surface area (Å²) in [5, 5.41) is 9.59. The van der Waals surface area contributed by atoms with Crippen LogP contribution in [0.25, 0.3) is 0 Å². The Bertz CT molecular complexity index is 934. The highest BCUT2D eigenvalue weighted by Crippen LogP contribution is 2.29. The molecule has 2 aromatic carbocycles. The first-order chi connectivity index (χ1) is 15.0. The molecule has 0 radical (unpaired) electrons. The van der Waals surface area contributed by atoms with Crippen LogP contribution in [0.15, 0.2) is 42.5 Å². The molecule has 1 fully saturated rings. The predicted octanol–water partition coefficient (Wildman–Crippen LogP) is 4.30. The second kappa shape index (κ2) is 11.0. The Hall–Kier alpha value is -2.37. The number of hydrogen-bond donors (Lipinski definition) is 3. The minimum absolute atomic E-state index is 0. The van der Waals surface area contributed by atoms with Gasteiger partial charge in [0.25, 0.3) is 0 Å². The third kappa shape index (κ3) is 6.11. The minimum atomic E-state index is -0.158. The van der Waals surface area contributed by atoms with E-state index < -0.39 is 0 Å². The summed E-state index contributed by atoms with van der Waals surface area (Å²) < 4.78 is 0. The zero-order chi connectivity index (χ0) is 21.8. The van der Waals surface area contributed by atoms with Crippen LogP contribution in [0.1, 0.15) is 47.9 Å². The van der Waals surface area contributed by atoms with Gasteiger partial charge in [0, 0.05) is 24.7 Å². The number of hydrogen-bond acceptors (Lipinski definition) is 3. The Morgan fingerprint density at radius 2 is 1.59 bits per heavy atom. The van der Waals surface area contributed by atoms with Gasteiger partial charge in [-0.2, -0.15) is 0 Å². The third-order valence-electron chi connectivity index (χ3n) is 6.67. The van der Waals surface area contributed by atoms with E-state index in [9.17, 15) is 9.59 Å². The van der Waals surface area contributed by atoms with Crippen LogP contribution in [0.2, 0.25) is 0 Å². The maximum absolute atomic E-state index is 12.7. The zero-order valence-electron chi connectivity index (χ0n) is 18.9. The fourth-order valence-electron chi connectivity index (χ4n) is 4.93. The number of carbonyl (C=O) groups is 2. The van der Waals surface area contributed by atoms with Crippen molar-refractivity contribution in [2.45, 2.75) is 58.5 Å². The molecule has 1 aliphatic heterocycles. The molecule has 5 nitrogen and oxygen atoms in total. The van der Waals surface area contributed by atoms with E-state index in [1.54, 1.807) is 0 Å². The summed E-state index contributed by atoms with van der Waals surface area (Å²) in [4.78, 5) is 25.3. The molecular formula is C26H34ClN3O2. The molecule has 1 atom stereocenters. The number of benzene rings is 2. The molecule has 0 aromatic heterocycles. The number of fused-ring (bicyclic) bond motifs is 1. The van der Waals surface area contributed by atoms with E-state index >= 15 is 0 Å². The number of carbonyl (C=O) groups excluding carboxylic acids is 2. The molecule has 1 heterocycles. The van der Waals surface area contributed by atoms with Crippen molar-refractivity contribution in [3.05, 3.63) is 64.7 Å². The second-order valence-electron chi connectivity index (χ2n) is 9.23. The van der Waals surface area contributed by atoms with Gasteiger partial charge in [-0.3, -0.25) is 9.59 Å². The summed E-state index contributed by atoms with van der Waals surface area (Å²) in [6.45, 7) is 5.53. The number of nitrogens with one attached hydrogen (secondary N) is 3. The van der Waals surface area contributed by atoms with Crippen molar-refractivity contribution in [2.75, 3.05) is 11.9 Å². The third-order valence-corrected chi connectivity index (χ3v) is 6.67. The summed E-state index contributed by atoms with van der Waals surface area (Å²) >= 11 is 0. The fraction of sp³-hybridized carbons (Fsp3) is 0.462. The molecule has 6 heteroatoms. The highest BCUT2D eigenvalue weighted by atomic mass is 35.5. The number of amides is 2. The number of halogens is 1. The van der Waals surface area contributed by atoms with Crippen molar-refractivity contribution in [1.29, 1.82) is 0 Å². The molecule has 0 saturated heterocycles. The van der Waals surface area contributed by atoms with Crippen LogP contribution in [-0.2, 0) is 22.6 Å². The summed E-state index contributed by atoms with van der Waals surface area (Å²) in [5.41, 5.74) is 5.75. The Morgan fingerprint density at radius 3 is 2.28 bits per heavy atom. The summed E-state index contributed by atoms with van der Waals surface area (Å²) in [5.74, 6) is 0.719. The molecule has 172 valence electrons. The second-order valence-corrected chi connectivity index (χ2v) is 9.23. The lowest BCUT2D eigenvalue weighted by molar-refractivity contribution is -0.124. The molecule has 3 N–H and O–H groups in total. The van der Waals surface area contributed by atoms with E-state index in [2.05, 4.69) is 34.1 Å². The summed E-state index contributed by atoms with van der Waals surface area (Å²) in [6.07, 6.45) is 4.46. The SMILES string of the molecule is Cc1cc(C)cc(NC(=O)C2CCC(CNC(=O)[C@@H]3Cc4ccccc4CN3)CC2)c1.Cl.